The van der Waals surface area contributed by atoms with Gasteiger partial charge in [-0.15, -0.1) is 0 Å². The van der Waals surface area contributed by atoms with Crippen LogP contribution in [0.15, 0.2) is 41.4 Å². The van der Waals surface area contributed by atoms with Gasteiger partial charge in [0.05, 0.1) is 36.5 Å². The zero-order valence-electron chi connectivity index (χ0n) is 20.0. The van der Waals surface area contributed by atoms with E-state index in [4.69, 9.17) is 39.1 Å². The van der Waals surface area contributed by atoms with Gasteiger partial charge in [0, 0.05) is 54.4 Å². The van der Waals surface area contributed by atoms with Crippen LogP contribution in [-0.2, 0) is 16.1 Å². The highest BCUT2D eigenvalue weighted by molar-refractivity contribution is 6.42. The van der Waals surface area contributed by atoms with E-state index in [1.807, 2.05) is 4.90 Å². The molecule has 12 heteroatoms. The van der Waals surface area contributed by atoms with Crippen LogP contribution < -0.4 is 11.1 Å². The van der Waals surface area contributed by atoms with Crippen LogP contribution in [0.3, 0.4) is 0 Å². The van der Waals surface area contributed by atoms with Crippen molar-refractivity contribution in [2.45, 2.75) is 19.0 Å². The van der Waals surface area contributed by atoms with Crippen molar-refractivity contribution in [2.24, 2.45) is 10.7 Å². The minimum Gasteiger partial charge on any atom is -0.386 e. The molecule has 196 valence electrons. The van der Waals surface area contributed by atoms with Gasteiger partial charge in [0.25, 0.3) is 11.8 Å². The molecule has 2 aromatic carbocycles. The summed E-state index contributed by atoms with van der Waals surface area (Å²) in [6.45, 7) is 3.18. The number of hydrogen-bond donors (Lipinski definition) is 3. The van der Waals surface area contributed by atoms with E-state index in [0.717, 1.165) is 0 Å². The van der Waals surface area contributed by atoms with Gasteiger partial charge in [0.1, 0.15) is 11.7 Å². The predicted molar refractivity (Wildman–Crippen MR) is 141 cm³/mol. The number of morpholine rings is 1. The van der Waals surface area contributed by atoms with Crippen molar-refractivity contribution in [2.75, 3.05) is 44.7 Å². The summed E-state index contributed by atoms with van der Waals surface area (Å²) >= 11 is 12.4. The van der Waals surface area contributed by atoms with Crippen LogP contribution in [0.4, 0.5) is 10.1 Å². The summed E-state index contributed by atoms with van der Waals surface area (Å²) in [5.41, 5.74) is 7.29. The Bertz CT molecular complexity index is 1220. The Labute approximate surface area is 223 Å². The highest BCUT2D eigenvalue weighted by Gasteiger charge is 2.30. The number of benzene rings is 2. The summed E-state index contributed by atoms with van der Waals surface area (Å²) in [6, 6.07) is 8.59. The molecular weight excluding hydrogens is 522 g/mol. The second-order valence-corrected chi connectivity index (χ2v) is 9.52. The zero-order valence-corrected chi connectivity index (χ0v) is 21.5. The average molecular weight is 549 g/mol. The molecule has 0 spiro atoms. The maximum atomic E-state index is 14.0. The lowest BCUT2D eigenvalue weighted by Crippen LogP contribution is -2.50. The Kier molecular flexibility index (Phi) is 8.75. The van der Waals surface area contributed by atoms with E-state index in [-0.39, 0.29) is 35.4 Å². The van der Waals surface area contributed by atoms with Crippen molar-refractivity contribution in [1.82, 2.24) is 9.80 Å². The Morgan fingerprint density at radius 3 is 2.54 bits per heavy atom. The average Bonchev–Trinajstić information content (AvgIpc) is 2.91. The van der Waals surface area contributed by atoms with Gasteiger partial charge in [-0.05, 0) is 36.4 Å². The topological polar surface area (TPSA) is 124 Å². The number of hydrogen-bond acceptors (Lipinski definition) is 7. The molecule has 0 aliphatic carbocycles. The zero-order chi connectivity index (χ0) is 26.5. The second-order valence-electron chi connectivity index (χ2n) is 8.73. The third kappa shape index (κ3) is 6.45. The Hall–Kier alpha value is -3.05. The number of carbonyl (C=O) groups excluding carboxylic acids is 2. The van der Waals surface area contributed by atoms with E-state index in [9.17, 15) is 14.0 Å². The monoisotopic (exact) mass is 548 g/mol. The lowest BCUT2D eigenvalue weighted by Gasteiger charge is -2.34. The van der Waals surface area contributed by atoms with Crippen LogP contribution >= 0.6 is 23.2 Å². The van der Waals surface area contributed by atoms with Gasteiger partial charge in [-0.1, -0.05) is 23.2 Å². The van der Waals surface area contributed by atoms with Crippen molar-refractivity contribution < 1.29 is 18.7 Å². The fourth-order valence-electron chi connectivity index (χ4n) is 4.23. The summed E-state index contributed by atoms with van der Waals surface area (Å²) in [5.74, 6) is -1.01. The first-order chi connectivity index (χ1) is 17.7. The third-order valence-corrected chi connectivity index (χ3v) is 7.09. The van der Waals surface area contributed by atoms with E-state index in [0.29, 0.717) is 61.2 Å². The number of aliphatic imine (C=N–C) groups is 1. The summed E-state index contributed by atoms with van der Waals surface area (Å²) in [4.78, 5) is 33.2. The number of rotatable bonds is 7. The standard InChI is InChI=1S/C25H27Cl2FN6O3/c26-18-5-6-19(28)22(27)17(18)14-34-8-7-31-23(30)21(34)13-20(29)24(35)32-16-3-1-15(2-4-16)25(36)33-9-11-37-12-10-33/h1-6,21,29H,7-14H2,(H2,30,31)(H,32,35). The molecule has 0 radical (unpaired) electrons. The van der Waals surface area contributed by atoms with Crippen molar-refractivity contribution >= 4 is 52.3 Å². The first kappa shape index (κ1) is 27.0. The molecule has 0 bridgehead atoms. The molecule has 4 rings (SSSR count). The van der Waals surface area contributed by atoms with Crippen LogP contribution in [0.5, 0.6) is 0 Å². The molecule has 2 aromatic rings. The summed E-state index contributed by atoms with van der Waals surface area (Å²) in [6.07, 6.45) is -0.0146. The van der Waals surface area contributed by atoms with Crippen LogP contribution in [0, 0.1) is 11.2 Å². The molecule has 1 saturated heterocycles. The smallest absolute Gasteiger partial charge is 0.269 e. The molecule has 4 N–H and O–H groups in total. The number of halogens is 3. The normalized spacial score (nSPS) is 18.3. The highest BCUT2D eigenvalue weighted by Crippen LogP contribution is 2.30. The number of amides is 2. The Morgan fingerprint density at radius 1 is 1.14 bits per heavy atom. The van der Waals surface area contributed by atoms with Gasteiger partial charge in [-0.25, -0.2) is 4.39 Å². The second kappa shape index (κ2) is 12.0. The summed E-state index contributed by atoms with van der Waals surface area (Å²) < 4.78 is 19.3. The van der Waals surface area contributed by atoms with Gasteiger partial charge in [-0.2, -0.15) is 0 Å². The van der Waals surface area contributed by atoms with Gasteiger partial charge < -0.3 is 20.7 Å². The van der Waals surface area contributed by atoms with E-state index in [2.05, 4.69) is 10.3 Å². The summed E-state index contributed by atoms with van der Waals surface area (Å²) in [5, 5.41) is 11.3. The van der Waals surface area contributed by atoms with Crippen molar-refractivity contribution in [3.05, 3.63) is 63.4 Å². The molecule has 37 heavy (non-hydrogen) atoms. The molecule has 9 nitrogen and oxygen atoms in total. The largest absolute Gasteiger partial charge is 0.386 e. The number of nitrogens with two attached hydrogens (primary N) is 1. The minimum absolute atomic E-state index is 0.0146. The number of amidine groups is 1. The first-order valence-corrected chi connectivity index (χ1v) is 12.5. The van der Waals surface area contributed by atoms with Gasteiger partial charge in [0.2, 0.25) is 0 Å². The molecule has 1 fully saturated rings. The summed E-state index contributed by atoms with van der Waals surface area (Å²) in [7, 11) is 0. The number of carbonyl (C=O) groups is 2. The molecule has 1 atom stereocenters. The van der Waals surface area contributed by atoms with Gasteiger partial charge in [-0.3, -0.25) is 24.9 Å². The number of nitrogens with one attached hydrogen (secondary N) is 2. The van der Waals surface area contributed by atoms with Crippen molar-refractivity contribution in [1.29, 1.82) is 5.41 Å². The maximum Gasteiger partial charge on any atom is 0.269 e. The molecule has 2 heterocycles. The molecule has 0 saturated carbocycles. The lowest BCUT2D eigenvalue weighted by molar-refractivity contribution is -0.110. The van der Waals surface area contributed by atoms with E-state index in [1.165, 1.54) is 12.1 Å². The third-order valence-electron chi connectivity index (χ3n) is 6.32. The Morgan fingerprint density at radius 2 is 1.84 bits per heavy atom. The maximum absolute atomic E-state index is 14.0. The number of anilines is 1. The van der Waals surface area contributed by atoms with Crippen molar-refractivity contribution in [3.63, 3.8) is 0 Å². The quantitative estimate of drug-likeness (QED) is 0.362. The SMILES string of the molecule is N=C(CC1C(N)=NCCN1Cc1c(Cl)ccc(F)c1Cl)C(=O)Nc1ccc(C(=O)N2CCOCC2)cc1. The van der Waals surface area contributed by atoms with Crippen molar-refractivity contribution in [3.8, 4) is 0 Å². The fourth-order valence-corrected chi connectivity index (χ4v) is 4.72. The van der Waals surface area contributed by atoms with E-state index in [1.54, 1.807) is 29.2 Å². The predicted octanol–water partition coefficient (Wildman–Crippen LogP) is 3.19. The van der Waals surface area contributed by atoms with Gasteiger partial charge in [0.15, 0.2) is 0 Å². The molecule has 2 aliphatic heterocycles. The first-order valence-electron chi connectivity index (χ1n) is 11.8. The lowest BCUT2D eigenvalue weighted by atomic mass is 10.0. The Balaban J connectivity index is 1.39. The fraction of sp³-hybridized carbons (Fsp3) is 0.360. The van der Waals surface area contributed by atoms with Crippen LogP contribution in [-0.4, -0.2) is 78.6 Å². The molecule has 2 amide bonds. The highest BCUT2D eigenvalue weighted by atomic mass is 35.5. The van der Waals surface area contributed by atoms with Crippen LogP contribution in [0.2, 0.25) is 10.0 Å². The molecular formula is C25H27Cl2FN6O3. The number of ether oxygens (including phenoxy) is 1. The van der Waals surface area contributed by atoms with E-state index < -0.39 is 17.8 Å². The minimum atomic E-state index is -0.604. The van der Waals surface area contributed by atoms with E-state index >= 15 is 0 Å². The van der Waals surface area contributed by atoms with Gasteiger partial charge >= 0.3 is 0 Å². The van der Waals surface area contributed by atoms with Crippen LogP contribution in [0.1, 0.15) is 22.3 Å². The molecule has 1 unspecified atom stereocenters. The molecule has 2 aliphatic rings. The number of nitrogens with zero attached hydrogens (tertiary/aromatic N) is 3. The van der Waals surface area contributed by atoms with Crippen LogP contribution in [0.25, 0.3) is 0 Å². The molecule has 0 aromatic heterocycles.